The number of carbonyl (C=O) groups is 1. The van der Waals surface area contributed by atoms with Gasteiger partial charge in [-0.3, -0.25) is 4.79 Å². The molecule has 1 aromatic heterocycles. The predicted octanol–water partition coefficient (Wildman–Crippen LogP) is 1.60. The standard InChI is InChI=1S/C21H26N4O/c22-20(26)13-16-6-4-15(5-7-16)12-17-14-21(25-10-8-23-9-11-25)24-19-3-1-2-18(17)19/h4-7,14,23H,1-3,8-13H2,(H2,22,26). The maximum atomic E-state index is 11.1. The van der Waals surface area contributed by atoms with Crippen molar-refractivity contribution in [3.05, 3.63) is 58.3 Å². The maximum absolute atomic E-state index is 11.1. The van der Waals surface area contributed by atoms with Gasteiger partial charge in [0.25, 0.3) is 0 Å². The number of aromatic nitrogens is 1. The number of carbonyl (C=O) groups excluding carboxylic acids is 1. The summed E-state index contributed by atoms with van der Waals surface area (Å²) in [6, 6.07) is 10.6. The van der Waals surface area contributed by atoms with E-state index in [2.05, 4.69) is 28.4 Å². The van der Waals surface area contributed by atoms with E-state index in [4.69, 9.17) is 10.7 Å². The number of fused-ring (bicyclic) bond motifs is 1. The van der Waals surface area contributed by atoms with Gasteiger partial charge in [0.05, 0.1) is 6.42 Å². The van der Waals surface area contributed by atoms with Gasteiger partial charge in [-0.05, 0) is 54.0 Å². The first-order chi connectivity index (χ1) is 12.7. The molecule has 1 amide bonds. The first-order valence-corrected chi connectivity index (χ1v) is 9.52. The molecule has 1 aliphatic heterocycles. The van der Waals surface area contributed by atoms with E-state index in [9.17, 15) is 4.79 Å². The van der Waals surface area contributed by atoms with Gasteiger partial charge >= 0.3 is 0 Å². The average Bonchev–Trinajstić information content (AvgIpc) is 3.12. The predicted molar refractivity (Wildman–Crippen MR) is 103 cm³/mol. The number of hydrogen-bond donors (Lipinski definition) is 2. The highest BCUT2D eigenvalue weighted by Crippen LogP contribution is 2.29. The molecule has 1 aromatic carbocycles. The van der Waals surface area contributed by atoms with Gasteiger partial charge in [-0.2, -0.15) is 0 Å². The van der Waals surface area contributed by atoms with E-state index >= 15 is 0 Å². The smallest absolute Gasteiger partial charge is 0.221 e. The molecule has 1 fully saturated rings. The molecule has 0 unspecified atom stereocenters. The lowest BCUT2D eigenvalue weighted by atomic mass is 9.98. The fourth-order valence-electron chi connectivity index (χ4n) is 4.02. The minimum atomic E-state index is -0.287. The first kappa shape index (κ1) is 17.0. The highest BCUT2D eigenvalue weighted by atomic mass is 16.1. The van der Waals surface area contributed by atoms with E-state index in [1.165, 1.54) is 28.8 Å². The van der Waals surface area contributed by atoms with Crippen molar-refractivity contribution in [2.24, 2.45) is 5.73 Å². The number of primary amides is 1. The van der Waals surface area contributed by atoms with Crippen LogP contribution in [0.15, 0.2) is 30.3 Å². The van der Waals surface area contributed by atoms with Crippen LogP contribution in [0.25, 0.3) is 0 Å². The Morgan fingerprint density at radius 1 is 1.12 bits per heavy atom. The molecule has 4 rings (SSSR count). The van der Waals surface area contributed by atoms with E-state index in [1.54, 1.807) is 0 Å². The summed E-state index contributed by atoms with van der Waals surface area (Å²) in [5.74, 6) is 0.845. The largest absolute Gasteiger partial charge is 0.369 e. The van der Waals surface area contributed by atoms with Crippen LogP contribution in [0.5, 0.6) is 0 Å². The second-order valence-electron chi connectivity index (χ2n) is 7.29. The lowest BCUT2D eigenvalue weighted by molar-refractivity contribution is -0.117. The van der Waals surface area contributed by atoms with E-state index in [1.807, 2.05) is 12.1 Å². The van der Waals surface area contributed by atoms with Crippen molar-refractivity contribution in [2.75, 3.05) is 31.1 Å². The number of amides is 1. The molecule has 26 heavy (non-hydrogen) atoms. The fraction of sp³-hybridized carbons (Fsp3) is 0.429. The number of aryl methyl sites for hydroxylation is 1. The van der Waals surface area contributed by atoms with Gasteiger partial charge in [0.15, 0.2) is 0 Å². The molecule has 5 nitrogen and oxygen atoms in total. The molecule has 0 saturated carbocycles. The second-order valence-corrected chi connectivity index (χ2v) is 7.29. The van der Waals surface area contributed by atoms with Crippen LogP contribution in [0.1, 0.15) is 34.4 Å². The van der Waals surface area contributed by atoms with E-state index in [-0.39, 0.29) is 5.91 Å². The Hall–Kier alpha value is -2.40. The molecule has 1 aliphatic carbocycles. The summed E-state index contributed by atoms with van der Waals surface area (Å²) in [5.41, 5.74) is 11.7. The van der Waals surface area contributed by atoms with Gasteiger partial charge in [0.2, 0.25) is 5.91 Å². The SMILES string of the molecule is NC(=O)Cc1ccc(Cc2cc(N3CCNCC3)nc3c2CCC3)cc1. The van der Waals surface area contributed by atoms with Crippen molar-refractivity contribution >= 4 is 11.7 Å². The number of pyridine rings is 1. The van der Waals surface area contributed by atoms with Crippen LogP contribution in [0.2, 0.25) is 0 Å². The molecule has 0 spiro atoms. The number of anilines is 1. The lowest BCUT2D eigenvalue weighted by Gasteiger charge is -2.29. The molecule has 0 bridgehead atoms. The number of nitrogens with two attached hydrogens (primary N) is 1. The highest BCUT2D eigenvalue weighted by Gasteiger charge is 2.21. The number of nitrogens with one attached hydrogen (secondary N) is 1. The van der Waals surface area contributed by atoms with Crippen LogP contribution < -0.4 is 16.0 Å². The van der Waals surface area contributed by atoms with Gasteiger partial charge < -0.3 is 16.0 Å². The molecule has 3 N–H and O–H groups in total. The van der Waals surface area contributed by atoms with Crippen LogP contribution in [-0.4, -0.2) is 37.1 Å². The molecule has 0 atom stereocenters. The Morgan fingerprint density at radius 3 is 2.58 bits per heavy atom. The van der Waals surface area contributed by atoms with Gasteiger partial charge in [-0.1, -0.05) is 24.3 Å². The molecule has 0 radical (unpaired) electrons. The zero-order valence-electron chi connectivity index (χ0n) is 15.1. The van der Waals surface area contributed by atoms with Gasteiger partial charge in [0, 0.05) is 31.9 Å². The third-order valence-corrected chi connectivity index (χ3v) is 5.37. The lowest BCUT2D eigenvalue weighted by Crippen LogP contribution is -2.44. The van der Waals surface area contributed by atoms with Crippen LogP contribution in [0, 0.1) is 0 Å². The molecule has 2 aromatic rings. The van der Waals surface area contributed by atoms with Gasteiger partial charge in [0.1, 0.15) is 5.82 Å². The van der Waals surface area contributed by atoms with Crippen LogP contribution in [0.3, 0.4) is 0 Å². The van der Waals surface area contributed by atoms with E-state index in [0.29, 0.717) is 6.42 Å². The third-order valence-electron chi connectivity index (χ3n) is 5.37. The van der Waals surface area contributed by atoms with Crippen LogP contribution in [0.4, 0.5) is 5.82 Å². The summed E-state index contributed by atoms with van der Waals surface area (Å²) in [5, 5.41) is 3.41. The highest BCUT2D eigenvalue weighted by molar-refractivity contribution is 5.76. The van der Waals surface area contributed by atoms with E-state index < -0.39 is 0 Å². The molecule has 1 saturated heterocycles. The third kappa shape index (κ3) is 3.73. The summed E-state index contributed by atoms with van der Waals surface area (Å²) in [7, 11) is 0. The topological polar surface area (TPSA) is 71.2 Å². The number of piperazine rings is 1. The summed E-state index contributed by atoms with van der Waals surface area (Å²) in [6.45, 7) is 4.09. The Kier molecular flexibility index (Phi) is 4.89. The Labute approximate surface area is 154 Å². The Balaban J connectivity index is 1.59. The quantitative estimate of drug-likeness (QED) is 0.859. The number of hydrogen-bond acceptors (Lipinski definition) is 4. The summed E-state index contributed by atoms with van der Waals surface area (Å²) in [6.07, 6.45) is 4.66. The number of rotatable bonds is 5. The Bertz CT molecular complexity index is 794. The van der Waals surface area contributed by atoms with Crippen molar-refractivity contribution in [1.29, 1.82) is 0 Å². The molecule has 2 aliphatic rings. The monoisotopic (exact) mass is 350 g/mol. The molecule has 5 heteroatoms. The van der Waals surface area contributed by atoms with Crippen LogP contribution in [-0.2, 0) is 30.5 Å². The van der Waals surface area contributed by atoms with Crippen molar-refractivity contribution in [3.8, 4) is 0 Å². The van der Waals surface area contributed by atoms with Crippen molar-refractivity contribution in [3.63, 3.8) is 0 Å². The van der Waals surface area contributed by atoms with Crippen molar-refractivity contribution in [2.45, 2.75) is 32.1 Å². The average molecular weight is 350 g/mol. The first-order valence-electron chi connectivity index (χ1n) is 9.52. The summed E-state index contributed by atoms with van der Waals surface area (Å²) in [4.78, 5) is 18.4. The number of nitrogens with zero attached hydrogens (tertiary/aromatic N) is 2. The van der Waals surface area contributed by atoms with Crippen LogP contribution >= 0.6 is 0 Å². The van der Waals surface area contributed by atoms with Crippen molar-refractivity contribution < 1.29 is 4.79 Å². The van der Waals surface area contributed by atoms with Gasteiger partial charge in [-0.15, -0.1) is 0 Å². The minimum Gasteiger partial charge on any atom is -0.369 e. The molecule has 2 heterocycles. The molecular formula is C21H26N4O. The minimum absolute atomic E-state index is 0.287. The zero-order chi connectivity index (χ0) is 17.9. The van der Waals surface area contributed by atoms with E-state index in [0.717, 1.165) is 56.8 Å². The second kappa shape index (κ2) is 7.46. The molecular weight excluding hydrogens is 324 g/mol. The molecule has 136 valence electrons. The summed E-state index contributed by atoms with van der Waals surface area (Å²) < 4.78 is 0. The maximum Gasteiger partial charge on any atom is 0.221 e. The summed E-state index contributed by atoms with van der Waals surface area (Å²) >= 11 is 0. The van der Waals surface area contributed by atoms with Gasteiger partial charge in [-0.25, -0.2) is 4.98 Å². The normalized spacial score (nSPS) is 16.5. The Morgan fingerprint density at radius 2 is 1.85 bits per heavy atom. The number of benzene rings is 1. The van der Waals surface area contributed by atoms with Crippen molar-refractivity contribution in [1.82, 2.24) is 10.3 Å². The zero-order valence-corrected chi connectivity index (χ0v) is 15.1. The fourth-order valence-corrected chi connectivity index (χ4v) is 4.02.